The van der Waals surface area contributed by atoms with Crippen LogP contribution < -0.4 is 0 Å². The van der Waals surface area contributed by atoms with Gasteiger partial charge in [0.2, 0.25) is 0 Å². The molecule has 0 aliphatic carbocycles. The summed E-state index contributed by atoms with van der Waals surface area (Å²) in [6.07, 6.45) is -4.30. The molecule has 0 nitrogen and oxygen atoms in total. The lowest BCUT2D eigenvalue weighted by Gasteiger charge is -2.19. The first-order valence-electron chi connectivity index (χ1n) is 6.85. The molecular weight excluding hydrogens is 422 g/mol. The van der Waals surface area contributed by atoms with Gasteiger partial charge in [0.05, 0.1) is 15.1 Å². The summed E-state index contributed by atoms with van der Waals surface area (Å²) in [4.78, 5) is 0. The van der Waals surface area contributed by atoms with Crippen molar-refractivity contribution in [3.63, 3.8) is 0 Å². The van der Waals surface area contributed by atoms with Crippen LogP contribution in [0.15, 0.2) is 36.4 Å². The Bertz CT molecular complexity index is 805. The number of aryl methyl sites for hydroxylation is 1. The third-order valence-electron chi connectivity index (χ3n) is 3.48. The van der Waals surface area contributed by atoms with Crippen LogP contribution in [0.25, 0.3) is 5.83 Å². The zero-order valence-corrected chi connectivity index (χ0v) is 15.6. The van der Waals surface area contributed by atoms with E-state index in [0.717, 1.165) is 12.1 Å². The van der Waals surface area contributed by atoms with Gasteiger partial charge < -0.3 is 0 Å². The number of hydrogen-bond acceptors (Lipinski definition) is 0. The van der Waals surface area contributed by atoms with Crippen molar-refractivity contribution < 1.29 is 17.6 Å². The summed E-state index contributed by atoms with van der Waals surface area (Å²) >= 11 is 23.2. The lowest BCUT2D eigenvalue weighted by atomic mass is 9.96. The molecule has 0 heterocycles. The van der Waals surface area contributed by atoms with Crippen LogP contribution in [-0.2, 0) is 0 Å². The van der Waals surface area contributed by atoms with E-state index in [2.05, 4.69) is 0 Å². The fourth-order valence-electron chi connectivity index (χ4n) is 2.12. The quantitative estimate of drug-likeness (QED) is 0.338. The first-order chi connectivity index (χ1) is 11.5. The maximum absolute atomic E-state index is 14.4. The average Bonchev–Trinajstić information content (AvgIpc) is 2.51. The van der Waals surface area contributed by atoms with Crippen molar-refractivity contribution >= 4 is 52.2 Å². The van der Waals surface area contributed by atoms with E-state index in [9.17, 15) is 17.6 Å². The SMILES string of the molecule is Cc1ccc(/C(F)=C/C(c2cc(Cl)c(Cl)c(Cl)c2)C(F)(F)F)cc1Cl. The zero-order valence-electron chi connectivity index (χ0n) is 12.6. The predicted molar refractivity (Wildman–Crippen MR) is 95.5 cm³/mol. The molecule has 1 atom stereocenters. The second-order valence-electron chi connectivity index (χ2n) is 5.30. The smallest absolute Gasteiger partial charge is 0.207 e. The monoisotopic (exact) mass is 430 g/mol. The molecule has 0 aromatic heterocycles. The molecule has 0 saturated carbocycles. The number of hydrogen-bond donors (Lipinski definition) is 0. The summed E-state index contributed by atoms with van der Waals surface area (Å²) in [6, 6.07) is 6.16. The molecule has 0 spiro atoms. The third-order valence-corrected chi connectivity index (χ3v) is 5.08. The molecule has 134 valence electrons. The minimum atomic E-state index is -4.76. The number of benzene rings is 2. The molecule has 2 aromatic rings. The summed E-state index contributed by atoms with van der Waals surface area (Å²) in [5.41, 5.74) is 0.304. The maximum atomic E-state index is 14.4. The van der Waals surface area contributed by atoms with E-state index in [4.69, 9.17) is 46.4 Å². The van der Waals surface area contributed by atoms with Gasteiger partial charge in [-0.2, -0.15) is 13.2 Å². The molecule has 0 saturated heterocycles. The molecule has 0 bridgehead atoms. The minimum absolute atomic E-state index is 0.0593. The highest BCUT2D eigenvalue weighted by Crippen LogP contribution is 2.42. The van der Waals surface area contributed by atoms with Crippen molar-refractivity contribution in [3.8, 4) is 0 Å². The highest BCUT2D eigenvalue weighted by atomic mass is 35.5. The Hall–Kier alpha value is -0.940. The van der Waals surface area contributed by atoms with Gasteiger partial charge in [0, 0.05) is 10.6 Å². The molecule has 2 rings (SSSR count). The van der Waals surface area contributed by atoms with Crippen molar-refractivity contribution in [2.75, 3.05) is 0 Å². The van der Waals surface area contributed by atoms with Gasteiger partial charge in [-0.3, -0.25) is 0 Å². The summed E-state index contributed by atoms with van der Waals surface area (Å²) in [6.45, 7) is 1.70. The molecule has 8 heteroatoms. The topological polar surface area (TPSA) is 0 Å². The molecular formula is C17H10Cl4F4. The van der Waals surface area contributed by atoms with E-state index in [1.54, 1.807) is 6.92 Å². The Morgan fingerprint density at radius 1 is 0.960 bits per heavy atom. The van der Waals surface area contributed by atoms with E-state index in [0.29, 0.717) is 11.6 Å². The maximum Gasteiger partial charge on any atom is 0.399 e. The van der Waals surface area contributed by atoms with Crippen molar-refractivity contribution in [2.24, 2.45) is 0 Å². The Morgan fingerprint density at radius 2 is 1.52 bits per heavy atom. The van der Waals surface area contributed by atoms with Crippen molar-refractivity contribution in [1.29, 1.82) is 0 Å². The molecule has 0 fully saturated rings. The van der Waals surface area contributed by atoms with Crippen LogP contribution in [-0.4, -0.2) is 6.18 Å². The molecule has 0 aliphatic rings. The van der Waals surface area contributed by atoms with Gasteiger partial charge >= 0.3 is 6.18 Å². The average molecular weight is 432 g/mol. The van der Waals surface area contributed by atoms with Crippen LogP contribution in [0.2, 0.25) is 20.1 Å². The Labute approximate surface area is 161 Å². The molecule has 0 aliphatic heterocycles. The predicted octanol–water partition coefficient (Wildman–Crippen LogP) is 8.27. The van der Waals surface area contributed by atoms with E-state index in [-0.39, 0.29) is 31.2 Å². The minimum Gasteiger partial charge on any atom is -0.207 e. The molecule has 25 heavy (non-hydrogen) atoms. The standard InChI is InChI=1S/C17H10Cl4F4/c1-8-2-3-9(4-12(8)18)15(22)7-11(17(23,24)25)10-5-13(19)16(21)14(20)6-10/h2-7,11H,1H3/b15-7-. The number of allylic oxidation sites excluding steroid dienone is 1. The Morgan fingerprint density at radius 3 is 2.00 bits per heavy atom. The fraction of sp³-hybridized carbons (Fsp3) is 0.176. The molecule has 1 unspecified atom stereocenters. The number of halogens is 8. The van der Waals surface area contributed by atoms with Gasteiger partial charge in [-0.1, -0.05) is 58.5 Å². The summed E-state index contributed by atoms with van der Waals surface area (Å²) in [7, 11) is 0. The van der Waals surface area contributed by atoms with Gasteiger partial charge in [0.1, 0.15) is 11.7 Å². The van der Waals surface area contributed by atoms with E-state index >= 15 is 0 Å². The first kappa shape index (κ1) is 20.4. The third kappa shape index (κ3) is 4.82. The Kier molecular flexibility index (Phi) is 6.31. The normalized spacial score (nSPS) is 13.9. The van der Waals surface area contributed by atoms with Crippen LogP contribution in [0, 0.1) is 6.92 Å². The molecule has 2 aromatic carbocycles. The van der Waals surface area contributed by atoms with Crippen LogP contribution in [0.4, 0.5) is 17.6 Å². The van der Waals surface area contributed by atoms with Gasteiger partial charge in [0.25, 0.3) is 0 Å². The zero-order chi connectivity index (χ0) is 18.9. The van der Waals surface area contributed by atoms with Crippen LogP contribution in [0.3, 0.4) is 0 Å². The van der Waals surface area contributed by atoms with E-state index in [1.165, 1.54) is 18.2 Å². The van der Waals surface area contributed by atoms with Crippen LogP contribution >= 0.6 is 46.4 Å². The van der Waals surface area contributed by atoms with Gasteiger partial charge in [-0.15, -0.1) is 0 Å². The summed E-state index contributed by atoms with van der Waals surface area (Å²) < 4.78 is 54.7. The second-order valence-corrected chi connectivity index (χ2v) is 6.90. The number of rotatable bonds is 3. The van der Waals surface area contributed by atoms with Crippen LogP contribution in [0.1, 0.15) is 22.6 Å². The first-order valence-corrected chi connectivity index (χ1v) is 8.37. The highest BCUT2D eigenvalue weighted by Gasteiger charge is 2.40. The Balaban J connectivity index is 2.53. The lowest BCUT2D eigenvalue weighted by molar-refractivity contribution is -0.139. The molecule has 0 amide bonds. The molecule has 0 N–H and O–H groups in total. The van der Waals surface area contributed by atoms with Crippen LogP contribution in [0.5, 0.6) is 0 Å². The summed E-state index contributed by atoms with van der Waals surface area (Å²) in [5.74, 6) is -3.31. The lowest BCUT2D eigenvalue weighted by Crippen LogP contribution is -2.19. The van der Waals surface area contributed by atoms with Gasteiger partial charge in [0.15, 0.2) is 0 Å². The summed E-state index contributed by atoms with van der Waals surface area (Å²) in [5, 5.41) is -0.110. The fourth-order valence-corrected chi connectivity index (χ4v) is 2.91. The van der Waals surface area contributed by atoms with E-state index in [1.807, 2.05) is 0 Å². The highest BCUT2D eigenvalue weighted by molar-refractivity contribution is 6.48. The van der Waals surface area contributed by atoms with Crippen molar-refractivity contribution in [3.05, 3.63) is 73.2 Å². The van der Waals surface area contributed by atoms with E-state index < -0.39 is 17.9 Å². The second kappa shape index (κ2) is 7.75. The van der Waals surface area contributed by atoms with Crippen molar-refractivity contribution in [2.45, 2.75) is 19.0 Å². The number of alkyl halides is 3. The largest absolute Gasteiger partial charge is 0.399 e. The molecule has 0 radical (unpaired) electrons. The van der Waals surface area contributed by atoms with Gasteiger partial charge in [-0.25, -0.2) is 4.39 Å². The van der Waals surface area contributed by atoms with Gasteiger partial charge in [-0.05, 0) is 42.3 Å². The van der Waals surface area contributed by atoms with Crippen molar-refractivity contribution in [1.82, 2.24) is 0 Å².